The van der Waals surface area contributed by atoms with Crippen LogP contribution >= 0.6 is 0 Å². The molecule has 2 atom stereocenters. The molecule has 2 nitrogen and oxygen atoms in total. The van der Waals surface area contributed by atoms with E-state index in [9.17, 15) is 4.79 Å². The van der Waals surface area contributed by atoms with E-state index in [4.69, 9.17) is 4.74 Å². The summed E-state index contributed by atoms with van der Waals surface area (Å²) in [5.74, 6) is 0.569. The minimum atomic E-state index is 0.175. The minimum absolute atomic E-state index is 0.175. The number of ketones is 1. The van der Waals surface area contributed by atoms with E-state index >= 15 is 0 Å². The molecule has 1 rings (SSSR count). The highest BCUT2D eigenvalue weighted by molar-refractivity contribution is 5.82. The summed E-state index contributed by atoms with van der Waals surface area (Å²) in [6, 6.07) is 0. The minimum Gasteiger partial charge on any atom is -0.381 e. The van der Waals surface area contributed by atoms with Gasteiger partial charge in [-0.3, -0.25) is 4.79 Å². The Hall–Kier alpha value is -0.370. The molecule has 1 aliphatic rings. The van der Waals surface area contributed by atoms with E-state index in [2.05, 4.69) is 6.92 Å². The van der Waals surface area contributed by atoms with Gasteiger partial charge < -0.3 is 4.74 Å². The Morgan fingerprint density at radius 2 is 2.36 bits per heavy atom. The van der Waals surface area contributed by atoms with E-state index in [1.165, 1.54) is 0 Å². The molecule has 0 N–H and O–H groups in total. The molecule has 0 amide bonds. The molecule has 0 bridgehead atoms. The number of ether oxygens (including phenoxy) is 1. The van der Waals surface area contributed by atoms with Crippen LogP contribution in [0.2, 0.25) is 0 Å². The lowest BCUT2D eigenvalue weighted by atomic mass is 9.83. The van der Waals surface area contributed by atoms with Crippen LogP contribution in [0.4, 0.5) is 0 Å². The van der Waals surface area contributed by atoms with Gasteiger partial charge in [0.15, 0.2) is 0 Å². The first-order valence-electron chi connectivity index (χ1n) is 4.35. The maximum atomic E-state index is 11.3. The summed E-state index contributed by atoms with van der Waals surface area (Å²) in [6.07, 6.45) is 3.95. The Bertz CT molecular complexity index is 142. The number of methoxy groups -OCH3 is 1. The van der Waals surface area contributed by atoms with Crippen LogP contribution in [0, 0.1) is 5.92 Å². The molecule has 0 spiro atoms. The normalized spacial score (nSPS) is 32.4. The first kappa shape index (κ1) is 8.72. The van der Waals surface area contributed by atoms with Crippen LogP contribution in [0.15, 0.2) is 0 Å². The Labute approximate surface area is 67.9 Å². The van der Waals surface area contributed by atoms with Gasteiger partial charge in [0, 0.05) is 19.4 Å². The second kappa shape index (κ2) is 3.86. The van der Waals surface area contributed by atoms with E-state index in [-0.39, 0.29) is 12.0 Å². The molecule has 0 aromatic carbocycles. The fraction of sp³-hybridized carbons (Fsp3) is 0.889. The summed E-state index contributed by atoms with van der Waals surface area (Å²) < 4.78 is 5.24. The van der Waals surface area contributed by atoms with Crippen LogP contribution < -0.4 is 0 Å². The van der Waals surface area contributed by atoms with Crippen molar-refractivity contribution in [3.05, 3.63) is 0 Å². The molecule has 0 aromatic heterocycles. The second-order valence-electron chi connectivity index (χ2n) is 3.15. The molecule has 11 heavy (non-hydrogen) atoms. The van der Waals surface area contributed by atoms with Gasteiger partial charge in [-0.25, -0.2) is 0 Å². The molecule has 2 unspecified atom stereocenters. The summed E-state index contributed by atoms with van der Waals surface area (Å²) in [7, 11) is 1.70. The van der Waals surface area contributed by atoms with Gasteiger partial charge in [-0.15, -0.1) is 0 Å². The van der Waals surface area contributed by atoms with Gasteiger partial charge in [-0.1, -0.05) is 6.92 Å². The Balaban J connectivity index is 2.56. The van der Waals surface area contributed by atoms with E-state index in [0.29, 0.717) is 5.78 Å². The van der Waals surface area contributed by atoms with Gasteiger partial charge in [0.1, 0.15) is 5.78 Å². The number of rotatable bonds is 2. The van der Waals surface area contributed by atoms with Gasteiger partial charge in [-0.2, -0.15) is 0 Å². The highest BCUT2D eigenvalue weighted by Crippen LogP contribution is 2.25. The van der Waals surface area contributed by atoms with E-state index in [1.54, 1.807) is 7.11 Å². The van der Waals surface area contributed by atoms with Crippen LogP contribution in [0.25, 0.3) is 0 Å². The zero-order chi connectivity index (χ0) is 8.27. The predicted molar refractivity (Wildman–Crippen MR) is 43.4 cm³/mol. The van der Waals surface area contributed by atoms with Crippen molar-refractivity contribution in [2.45, 2.75) is 38.7 Å². The van der Waals surface area contributed by atoms with Crippen LogP contribution in [0.5, 0.6) is 0 Å². The number of carbonyl (C=O) groups excluding carboxylic acids is 1. The molecule has 0 radical (unpaired) electrons. The first-order valence-corrected chi connectivity index (χ1v) is 4.35. The maximum Gasteiger partial charge on any atom is 0.138 e. The summed E-state index contributed by atoms with van der Waals surface area (Å²) in [5.41, 5.74) is 0. The van der Waals surface area contributed by atoms with Crippen molar-refractivity contribution in [1.29, 1.82) is 0 Å². The monoisotopic (exact) mass is 156 g/mol. The average molecular weight is 156 g/mol. The van der Waals surface area contributed by atoms with Crippen LogP contribution in [-0.2, 0) is 9.53 Å². The lowest BCUT2D eigenvalue weighted by molar-refractivity contribution is -0.130. The highest BCUT2D eigenvalue weighted by Gasteiger charge is 2.29. The third kappa shape index (κ3) is 1.80. The molecule has 0 aliphatic heterocycles. The predicted octanol–water partition coefficient (Wildman–Crippen LogP) is 1.78. The molecule has 64 valence electrons. The quantitative estimate of drug-likeness (QED) is 0.609. The number of hydrogen-bond acceptors (Lipinski definition) is 2. The molecule has 1 aliphatic carbocycles. The number of carbonyl (C=O) groups is 1. The van der Waals surface area contributed by atoms with Crippen LogP contribution in [0.3, 0.4) is 0 Å². The van der Waals surface area contributed by atoms with E-state index in [0.717, 1.165) is 25.7 Å². The average Bonchev–Trinajstić information content (AvgIpc) is 2.04. The number of Topliss-reactive ketones (excluding diaryl/α,β-unsaturated/α-hetero) is 1. The molecule has 1 fully saturated rings. The molecular formula is C9H16O2. The fourth-order valence-electron chi connectivity index (χ4n) is 1.84. The molecular weight excluding hydrogens is 140 g/mol. The van der Waals surface area contributed by atoms with Gasteiger partial charge in [0.2, 0.25) is 0 Å². The van der Waals surface area contributed by atoms with E-state index in [1.807, 2.05) is 0 Å². The summed E-state index contributed by atoms with van der Waals surface area (Å²) in [4.78, 5) is 11.3. The largest absolute Gasteiger partial charge is 0.381 e. The molecule has 1 saturated carbocycles. The lowest BCUT2D eigenvalue weighted by Crippen LogP contribution is -2.33. The van der Waals surface area contributed by atoms with Crippen molar-refractivity contribution in [1.82, 2.24) is 0 Å². The summed E-state index contributed by atoms with van der Waals surface area (Å²) in [6.45, 7) is 2.06. The molecule has 0 aromatic rings. The van der Waals surface area contributed by atoms with Crippen molar-refractivity contribution >= 4 is 5.78 Å². The molecule has 0 saturated heterocycles. The highest BCUT2D eigenvalue weighted by atomic mass is 16.5. The van der Waals surface area contributed by atoms with Crippen LogP contribution in [-0.4, -0.2) is 19.0 Å². The Morgan fingerprint density at radius 3 is 2.82 bits per heavy atom. The Morgan fingerprint density at radius 1 is 1.64 bits per heavy atom. The summed E-state index contributed by atoms with van der Waals surface area (Å²) in [5, 5.41) is 0. The van der Waals surface area contributed by atoms with Crippen LogP contribution in [0.1, 0.15) is 32.6 Å². The zero-order valence-electron chi connectivity index (χ0n) is 7.30. The second-order valence-corrected chi connectivity index (χ2v) is 3.15. The van der Waals surface area contributed by atoms with Crippen molar-refractivity contribution in [3.8, 4) is 0 Å². The zero-order valence-corrected chi connectivity index (χ0v) is 7.30. The third-order valence-corrected chi connectivity index (χ3v) is 2.52. The van der Waals surface area contributed by atoms with Crippen molar-refractivity contribution in [3.63, 3.8) is 0 Å². The molecule has 0 heterocycles. The standard InChI is InChI=1S/C9H16O2/c1-3-7-8(10)5-4-6-9(7)11-2/h7,9H,3-6H2,1-2H3. The first-order chi connectivity index (χ1) is 5.29. The van der Waals surface area contributed by atoms with Gasteiger partial charge in [0.05, 0.1) is 6.10 Å². The van der Waals surface area contributed by atoms with Gasteiger partial charge in [0.25, 0.3) is 0 Å². The van der Waals surface area contributed by atoms with Crippen molar-refractivity contribution in [2.75, 3.05) is 7.11 Å². The van der Waals surface area contributed by atoms with Crippen molar-refractivity contribution < 1.29 is 9.53 Å². The summed E-state index contributed by atoms with van der Waals surface area (Å²) >= 11 is 0. The smallest absolute Gasteiger partial charge is 0.138 e. The van der Waals surface area contributed by atoms with Gasteiger partial charge in [-0.05, 0) is 19.3 Å². The topological polar surface area (TPSA) is 26.3 Å². The van der Waals surface area contributed by atoms with Gasteiger partial charge >= 0.3 is 0 Å². The maximum absolute atomic E-state index is 11.3. The van der Waals surface area contributed by atoms with Crippen molar-refractivity contribution in [2.24, 2.45) is 5.92 Å². The lowest BCUT2D eigenvalue weighted by Gasteiger charge is -2.28. The van der Waals surface area contributed by atoms with E-state index < -0.39 is 0 Å². The SMILES string of the molecule is CCC1C(=O)CCCC1OC. The fourth-order valence-corrected chi connectivity index (χ4v) is 1.84. The number of hydrogen-bond donors (Lipinski definition) is 0. The molecule has 2 heteroatoms. The Kier molecular flexibility index (Phi) is 3.06. The third-order valence-electron chi connectivity index (χ3n) is 2.52.